The van der Waals surface area contributed by atoms with E-state index in [9.17, 15) is 4.79 Å². The quantitative estimate of drug-likeness (QED) is 0.768. The van der Waals surface area contributed by atoms with E-state index in [1.807, 2.05) is 26.0 Å². The summed E-state index contributed by atoms with van der Waals surface area (Å²) >= 11 is 4.91. The Kier molecular flexibility index (Phi) is 5.71. The van der Waals surface area contributed by atoms with Gasteiger partial charge in [0.05, 0.1) is 10.9 Å². The van der Waals surface area contributed by atoms with Crippen LogP contribution in [0.5, 0.6) is 0 Å². The number of hydrogen-bond acceptors (Lipinski definition) is 3. The van der Waals surface area contributed by atoms with Gasteiger partial charge in [-0.3, -0.25) is 9.78 Å². The van der Waals surface area contributed by atoms with Crippen LogP contribution in [0.4, 0.5) is 0 Å². The molecular weight excluding hydrogens is 246 g/mol. The lowest BCUT2D eigenvalue weighted by Gasteiger charge is -2.14. The van der Waals surface area contributed by atoms with Crippen LogP contribution in [0, 0.1) is 12.8 Å². The molecule has 0 spiro atoms. The van der Waals surface area contributed by atoms with Gasteiger partial charge in [-0.1, -0.05) is 31.6 Å². The minimum atomic E-state index is -0.372. The van der Waals surface area contributed by atoms with Crippen LogP contribution < -0.4 is 11.1 Å². The van der Waals surface area contributed by atoms with Crippen molar-refractivity contribution in [3.63, 3.8) is 0 Å². The van der Waals surface area contributed by atoms with Crippen LogP contribution in [-0.2, 0) is 11.3 Å². The second-order valence-corrected chi connectivity index (χ2v) is 4.74. The number of hydrogen-bond donors (Lipinski definition) is 2. The number of aryl methyl sites for hydroxylation is 1. The molecule has 0 fully saturated rings. The molecule has 0 aliphatic heterocycles. The van der Waals surface area contributed by atoms with Crippen LogP contribution >= 0.6 is 12.2 Å². The van der Waals surface area contributed by atoms with Crippen molar-refractivity contribution < 1.29 is 4.79 Å². The van der Waals surface area contributed by atoms with Gasteiger partial charge in [-0.15, -0.1) is 0 Å². The van der Waals surface area contributed by atoms with Gasteiger partial charge in [-0.2, -0.15) is 0 Å². The Hall–Kier alpha value is -1.49. The first-order valence-electron chi connectivity index (χ1n) is 6.03. The van der Waals surface area contributed by atoms with Crippen molar-refractivity contribution in [2.24, 2.45) is 11.7 Å². The Morgan fingerprint density at radius 1 is 1.56 bits per heavy atom. The molecule has 0 saturated carbocycles. The van der Waals surface area contributed by atoms with E-state index in [0.29, 0.717) is 13.0 Å². The summed E-state index contributed by atoms with van der Waals surface area (Å²) in [6, 6.07) is 3.86. The fourth-order valence-corrected chi connectivity index (χ4v) is 1.83. The van der Waals surface area contributed by atoms with E-state index in [2.05, 4.69) is 10.3 Å². The van der Waals surface area contributed by atoms with Crippen molar-refractivity contribution in [3.8, 4) is 0 Å². The number of amides is 1. The van der Waals surface area contributed by atoms with E-state index in [1.54, 1.807) is 6.20 Å². The summed E-state index contributed by atoms with van der Waals surface area (Å²) in [5, 5.41) is 2.84. The van der Waals surface area contributed by atoms with Crippen molar-refractivity contribution in [1.29, 1.82) is 0 Å². The second-order valence-electron chi connectivity index (χ2n) is 4.27. The third-order valence-electron chi connectivity index (χ3n) is 2.68. The number of carbonyl (C=O) groups is 1. The molecule has 0 saturated heterocycles. The molecule has 0 aliphatic rings. The fourth-order valence-electron chi connectivity index (χ4n) is 1.61. The number of thiocarbonyl (C=S) groups is 1. The van der Waals surface area contributed by atoms with Gasteiger partial charge < -0.3 is 11.1 Å². The number of nitrogens with zero attached hydrogens (tertiary/aromatic N) is 1. The smallest absolute Gasteiger partial charge is 0.230 e. The monoisotopic (exact) mass is 265 g/mol. The lowest BCUT2D eigenvalue weighted by molar-refractivity contribution is -0.123. The fraction of sp³-hybridized carbons (Fsp3) is 0.462. The maximum Gasteiger partial charge on any atom is 0.230 e. The maximum absolute atomic E-state index is 11.9. The van der Waals surface area contributed by atoms with Crippen molar-refractivity contribution >= 4 is 23.1 Å². The summed E-state index contributed by atoms with van der Waals surface area (Å²) in [7, 11) is 0. The number of rotatable bonds is 6. The lowest BCUT2D eigenvalue weighted by Crippen LogP contribution is -2.37. The first kappa shape index (κ1) is 14.6. The summed E-state index contributed by atoms with van der Waals surface area (Å²) in [4.78, 5) is 16.3. The molecule has 3 N–H and O–H groups in total. The van der Waals surface area contributed by atoms with Crippen molar-refractivity contribution in [1.82, 2.24) is 10.3 Å². The number of nitrogens with two attached hydrogens (primary N) is 1. The van der Waals surface area contributed by atoms with E-state index < -0.39 is 0 Å². The van der Waals surface area contributed by atoms with Crippen molar-refractivity contribution in [2.75, 3.05) is 0 Å². The molecule has 1 amide bonds. The summed E-state index contributed by atoms with van der Waals surface area (Å²) in [6.45, 7) is 4.38. The minimum Gasteiger partial charge on any atom is -0.393 e. The van der Waals surface area contributed by atoms with Crippen LogP contribution in [0.2, 0.25) is 0 Å². The van der Waals surface area contributed by atoms with Crippen LogP contribution in [0.15, 0.2) is 18.3 Å². The molecule has 1 aromatic rings. The van der Waals surface area contributed by atoms with Gasteiger partial charge in [-0.05, 0) is 25.0 Å². The zero-order valence-electron chi connectivity index (χ0n) is 10.8. The molecule has 0 aromatic carbocycles. The van der Waals surface area contributed by atoms with E-state index in [-0.39, 0.29) is 16.8 Å². The predicted molar refractivity (Wildman–Crippen MR) is 76.0 cm³/mol. The summed E-state index contributed by atoms with van der Waals surface area (Å²) in [6.07, 6.45) is 3.32. The highest BCUT2D eigenvalue weighted by Gasteiger charge is 2.19. The second kappa shape index (κ2) is 7.06. The summed E-state index contributed by atoms with van der Waals surface area (Å²) < 4.78 is 0. The van der Waals surface area contributed by atoms with E-state index >= 15 is 0 Å². The van der Waals surface area contributed by atoms with Gasteiger partial charge >= 0.3 is 0 Å². The van der Waals surface area contributed by atoms with Gasteiger partial charge in [-0.25, -0.2) is 0 Å². The number of pyridine rings is 1. The predicted octanol–water partition coefficient (Wildman–Crippen LogP) is 1.71. The number of carbonyl (C=O) groups excluding carboxylic acids is 1. The highest BCUT2D eigenvalue weighted by Crippen LogP contribution is 2.07. The SMILES string of the molecule is CCCC(C(=O)NCc1ccc(C)nc1)C(N)=S. The molecule has 5 heteroatoms. The molecule has 1 atom stereocenters. The van der Waals surface area contributed by atoms with E-state index in [4.69, 9.17) is 18.0 Å². The zero-order chi connectivity index (χ0) is 13.5. The molecule has 1 heterocycles. The average molecular weight is 265 g/mol. The molecule has 4 nitrogen and oxygen atoms in total. The Morgan fingerprint density at radius 3 is 2.78 bits per heavy atom. The molecule has 0 aliphatic carbocycles. The molecule has 1 unspecified atom stereocenters. The van der Waals surface area contributed by atoms with Gasteiger partial charge in [0.15, 0.2) is 0 Å². The Bertz CT molecular complexity index is 417. The van der Waals surface area contributed by atoms with Crippen LogP contribution in [0.3, 0.4) is 0 Å². The van der Waals surface area contributed by atoms with Gasteiger partial charge in [0.1, 0.15) is 0 Å². The lowest BCUT2D eigenvalue weighted by atomic mass is 10.0. The van der Waals surface area contributed by atoms with Crippen LogP contribution in [0.25, 0.3) is 0 Å². The molecule has 1 aromatic heterocycles. The topological polar surface area (TPSA) is 68.0 Å². The first-order chi connectivity index (χ1) is 8.54. The van der Waals surface area contributed by atoms with Crippen molar-refractivity contribution in [2.45, 2.75) is 33.2 Å². The highest BCUT2D eigenvalue weighted by atomic mass is 32.1. The van der Waals surface area contributed by atoms with E-state index in [0.717, 1.165) is 17.7 Å². The molecule has 18 heavy (non-hydrogen) atoms. The zero-order valence-corrected chi connectivity index (χ0v) is 11.6. The molecule has 1 rings (SSSR count). The minimum absolute atomic E-state index is 0.107. The van der Waals surface area contributed by atoms with Gasteiger partial charge in [0.2, 0.25) is 5.91 Å². The Morgan fingerprint density at radius 2 is 2.28 bits per heavy atom. The summed E-state index contributed by atoms with van der Waals surface area (Å²) in [5.74, 6) is -0.478. The Labute approximate surface area is 113 Å². The molecule has 0 radical (unpaired) electrons. The molecular formula is C13H19N3OS. The van der Waals surface area contributed by atoms with Crippen LogP contribution in [-0.4, -0.2) is 15.9 Å². The molecule has 0 bridgehead atoms. The maximum atomic E-state index is 11.9. The number of nitrogens with one attached hydrogen (secondary N) is 1. The standard InChI is InChI=1S/C13H19N3OS/c1-3-4-11(12(14)18)13(17)16-8-10-6-5-9(2)15-7-10/h5-7,11H,3-4,8H2,1-2H3,(H2,14,18)(H,16,17). The average Bonchev–Trinajstić information content (AvgIpc) is 2.34. The van der Waals surface area contributed by atoms with Gasteiger partial charge in [0, 0.05) is 18.4 Å². The third kappa shape index (κ3) is 4.41. The van der Waals surface area contributed by atoms with E-state index in [1.165, 1.54) is 0 Å². The number of aromatic nitrogens is 1. The van der Waals surface area contributed by atoms with Crippen molar-refractivity contribution in [3.05, 3.63) is 29.6 Å². The largest absolute Gasteiger partial charge is 0.393 e. The Balaban J connectivity index is 2.53. The molecule has 98 valence electrons. The summed E-state index contributed by atoms with van der Waals surface area (Å²) in [5.41, 5.74) is 7.49. The normalized spacial score (nSPS) is 11.9. The van der Waals surface area contributed by atoms with Gasteiger partial charge in [0.25, 0.3) is 0 Å². The highest BCUT2D eigenvalue weighted by molar-refractivity contribution is 7.80. The first-order valence-corrected chi connectivity index (χ1v) is 6.44. The third-order valence-corrected chi connectivity index (χ3v) is 2.96. The van der Waals surface area contributed by atoms with Crippen LogP contribution in [0.1, 0.15) is 31.0 Å².